The van der Waals surface area contributed by atoms with Gasteiger partial charge in [-0.3, -0.25) is 15.0 Å². The lowest BCUT2D eigenvalue weighted by Gasteiger charge is -2.12. The van der Waals surface area contributed by atoms with Crippen LogP contribution in [0.15, 0.2) is 0 Å². The minimum absolute atomic E-state index is 0.275. The summed E-state index contributed by atoms with van der Waals surface area (Å²) < 4.78 is 0. The average Bonchev–Trinajstić information content (AvgIpc) is 2.02. The van der Waals surface area contributed by atoms with Gasteiger partial charge in [-0.05, 0) is 6.42 Å². The third kappa shape index (κ3) is 3.34. The van der Waals surface area contributed by atoms with E-state index in [0.717, 1.165) is 0 Å². The molecule has 0 aliphatic rings. The van der Waals surface area contributed by atoms with Gasteiger partial charge in [0, 0.05) is 11.8 Å². The predicted molar refractivity (Wildman–Crippen MR) is 44.5 cm³/mol. The maximum Gasteiger partial charge on any atom is 0.236 e. The minimum atomic E-state index is -0.397. The molecule has 0 saturated heterocycles. The van der Waals surface area contributed by atoms with Gasteiger partial charge in [0.05, 0.1) is 0 Å². The van der Waals surface area contributed by atoms with Crippen LogP contribution in [0.2, 0.25) is 0 Å². The molecule has 12 heavy (non-hydrogen) atoms. The molecule has 0 bridgehead atoms. The zero-order chi connectivity index (χ0) is 9.72. The fourth-order valence-electron chi connectivity index (χ4n) is 0.896. The van der Waals surface area contributed by atoms with Crippen LogP contribution in [-0.2, 0) is 9.59 Å². The summed E-state index contributed by atoms with van der Waals surface area (Å²) in [5.41, 5.74) is 7.04. The number of hydrogen-bond donors (Lipinski definition) is 3. The number of amides is 2. The molecule has 0 spiro atoms. The Kier molecular flexibility index (Phi) is 4.28. The van der Waals surface area contributed by atoms with Crippen LogP contribution in [0, 0.1) is 11.8 Å². The van der Waals surface area contributed by atoms with Crippen molar-refractivity contribution in [1.82, 2.24) is 5.43 Å². The van der Waals surface area contributed by atoms with Crippen molar-refractivity contribution in [2.24, 2.45) is 23.4 Å². The number of carbonyl (C=O) groups excluding carboxylic acids is 2. The summed E-state index contributed by atoms with van der Waals surface area (Å²) in [5.74, 6) is 3.66. The van der Waals surface area contributed by atoms with Crippen LogP contribution in [0.1, 0.15) is 20.3 Å². The molecule has 0 heterocycles. The van der Waals surface area contributed by atoms with Crippen LogP contribution >= 0.6 is 0 Å². The van der Waals surface area contributed by atoms with E-state index in [-0.39, 0.29) is 17.7 Å². The summed E-state index contributed by atoms with van der Waals surface area (Å²) in [6.07, 6.45) is 0.429. The molecular formula is C7H15N3O2. The fourth-order valence-corrected chi connectivity index (χ4v) is 0.896. The average molecular weight is 173 g/mol. The molecule has 0 radical (unpaired) electrons. The Labute approximate surface area is 71.5 Å². The first kappa shape index (κ1) is 10.9. The van der Waals surface area contributed by atoms with Gasteiger partial charge in [0.15, 0.2) is 0 Å². The number of nitrogens with two attached hydrogens (primary N) is 2. The summed E-state index contributed by atoms with van der Waals surface area (Å²) in [4.78, 5) is 21.5. The number of nitrogens with one attached hydrogen (secondary N) is 1. The lowest BCUT2D eigenvalue weighted by atomic mass is 9.96. The Morgan fingerprint density at radius 3 is 2.17 bits per heavy atom. The highest BCUT2D eigenvalue weighted by molar-refractivity contribution is 5.80. The summed E-state index contributed by atoms with van der Waals surface area (Å²) in [5, 5.41) is 0. The molecule has 2 unspecified atom stereocenters. The van der Waals surface area contributed by atoms with Crippen molar-refractivity contribution >= 4 is 11.8 Å². The molecule has 0 rings (SSSR count). The van der Waals surface area contributed by atoms with E-state index in [4.69, 9.17) is 11.6 Å². The van der Waals surface area contributed by atoms with Gasteiger partial charge in [0.1, 0.15) is 0 Å². The van der Waals surface area contributed by atoms with Gasteiger partial charge in [-0.15, -0.1) is 0 Å². The van der Waals surface area contributed by atoms with E-state index in [9.17, 15) is 9.59 Å². The second-order valence-corrected chi connectivity index (χ2v) is 2.95. The van der Waals surface area contributed by atoms with E-state index >= 15 is 0 Å². The molecule has 70 valence electrons. The molecule has 0 aliphatic carbocycles. The highest BCUT2D eigenvalue weighted by Crippen LogP contribution is 2.10. The van der Waals surface area contributed by atoms with Gasteiger partial charge in [0.25, 0.3) is 0 Å². The van der Waals surface area contributed by atoms with E-state index in [1.165, 1.54) is 0 Å². The van der Waals surface area contributed by atoms with Crippen molar-refractivity contribution < 1.29 is 9.59 Å². The second-order valence-electron chi connectivity index (χ2n) is 2.95. The fraction of sp³-hybridized carbons (Fsp3) is 0.714. The third-order valence-electron chi connectivity index (χ3n) is 1.78. The standard InChI is InChI=1S/C7H15N3O2/c1-4(6(8)11)3-5(2)7(12)10-9/h4-5H,3,9H2,1-2H3,(H2,8,11)(H,10,12). The zero-order valence-electron chi connectivity index (χ0n) is 7.33. The second kappa shape index (κ2) is 4.71. The molecule has 5 nitrogen and oxygen atoms in total. The Morgan fingerprint density at radius 2 is 1.83 bits per heavy atom. The lowest BCUT2D eigenvalue weighted by molar-refractivity contribution is -0.126. The first-order chi connectivity index (χ1) is 5.49. The minimum Gasteiger partial charge on any atom is -0.369 e. The number of carbonyl (C=O) groups is 2. The van der Waals surface area contributed by atoms with Gasteiger partial charge in [-0.25, -0.2) is 5.84 Å². The smallest absolute Gasteiger partial charge is 0.236 e. The molecule has 5 N–H and O–H groups in total. The predicted octanol–water partition coefficient (Wildman–Crippen LogP) is -0.876. The van der Waals surface area contributed by atoms with Crippen LogP contribution in [0.25, 0.3) is 0 Å². The summed E-state index contributed by atoms with van der Waals surface area (Å²) in [6.45, 7) is 3.38. The maximum absolute atomic E-state index is 10.9. The SMILES string of the molecule is CC(CC(C)C(=O)NN)C(N)=O. The van der Waals surface area contributed by atoms with Gasteiger partial charge >= 0.3 is 0 Å². The number of hydrogen-bond acceptors (Lipinski definition) is 3. The van der Waals surface area contributed by atoms with Crippen molar-refractivity contribution in [2.75, 3.05) is 0 Å². The molecule has 0 aromatic rings. The highest BCUT2D eigenvalue weighted by Gasteiger charge is 2.18. The molecule has 0 saturated carbocycles. The third-order valence-corrected chi connectivity index (χ3v) is 1.78. The van der Waals surface area contributed by atoms with Crippen molar-refractivity contribution in [2.45, 2.75) is 20.3 Å². The normalized spacial score (nSPS) is 14.9. The number of hydrazine groups is 1. The summed E-state index contributed by atoms with van der Waals surface area (Å²) in [7, 11) is 0. The molecule has 0 aliphatic heterocycles. The van der Waals surface area contributed by atoms with Crippen LogP contribution < -0.4 is 17.0 Å². The molecule has 2 atom stereocenters. The molecule has 5 heteroatoms. The monoisotopic (exact) mass is 173 g/mol. The van der Waals surface area contributed by atoms with Crippen LogP contribution in [0.4, 0.5) is 0 Å². The van der Waals surface area contributed by atoms with Gasteiger partial charge in [-0.1, -0.05) is 13.8 Å². The molecule has 0 aromatic heterocycles. The van der Waals surface area contributed by atoms with E-state index in [0.29, 0.717) is 6.42 Å². The van der Waals surface area contributed by atoms with Crippen LogP contribution in [-0.4, -0.2) is 11.8 Å². The first-order valence-electron chi connectivity index (χ1n) is 3.78. The molecule has 0 aromatic carbocycles. The Hall–Kier alpha value is -1.10. The zero-order valence-corrected chi connectivity index (χ0v) is 7.33. The molecule has 0 fully saturated rings. The lowest BCUT2D eigenvalue weighted by Crippen LogP contribution is -2.36. The first-order valence-corrected chi connectivity index (χ1v) is 3.78. The Morgan fingerprint density at radius 1 is 1.33 bits per heavy atom. The van der Waals surface area contributed by atoms with Crippen molar-refractivity contribution in [3.63, 3.8) is 0 Å². The molecular weight excluding hydrogens is 158 g/mol. The van der Waals surface area contributed by atoms with Gasteiger partial charge in [-0.2, -0.15) is 0 Å². The number of rotatable bonds is 4. The van der Waals surface area contributed by atoms with Crippen molar-refractivity contribution in [3.8, 4) is 0 Å². The largest absolute Gasteiger partial charge is 0.369 e. The van der Waals surface area contributed by atoms with E-state index < -0.39 is 5.91 Å². The number of primary amides is 1. The van der Waals surface area contributed by atoms with Gasteiger partial charge < -0.3 is 5.73 Å². The van der Waals surface area contributed by atoms with Crippen LogP contribution in [0.5, 0.6) is 0 Å². The Bertz CT molecular complexity index is 181. The topological polar surface area (TPSA) is 98.2 Å². The van der Waals surface area contributed by atoms with E-state index in [1.807, 2.05) is 5.43 Å². The Balaban J connectivity index is 3.91. The van der Waals surface area contributed by atoms with Crippen molar-refractivity contribution in [1.29, 1.82) is 0 Å². The van der Waals surface area contributed by atoms with E-state index in [1.54, 1.807) is 13.8 Å². The van der Waals surface area contributed by atoms with E-state index in [2.05, 4.69) is 0 Å². The highest BCUT2D eigenvalue weighted by atomic mass is 16.2. The van der Waals surface area contributed by atoms with Crippen LogP contribution in [0.3, 0.4) is 0 Å². The van der Waals surface area contributed by atoms with Crippen molar-refractivity contribution in [3.05, 3.63) is 0 Å². The quantitative estimate of drug-likeness (QED) is 0.292. The summed E-state index contributed by atoms with van der Waals surface area (Å²) in [6, 6.07) is 0. The molecule has 2 amide bonds. The maximum atomic E-state index is 10.9. The van der Waals surface area contributed by atoms with Gasteiger partial charge in [0.2, 0.25) is 11.8 Å². The summed E-state index contributed by atoms with van der Waals surface area (Å²) >= 11 is 0.